The SMILES string of the molecule is C/C=C(/COC(=O)CCCCCCC/C=C\C/C=C\C/C=C\CC)C(=O)OC/C=C/c1ccc(OC)cc1. The number of hydrogen-bond donors (Lipinski definition) is 0. The molecule has 0 unspecified atom stereocenters. The van der Waals surface area contributed by atoms with Gasteiger partial charge in [0.15, 0.2) is 0 Å². The van der Waals surface area contributed by atoms with Gasteiger partial charge in [0.2, 0.25) is 0 Å². The molecule has 1 aromatic carbocycles. The van der Waals surface area contributed by atoms with Gasteiger partial charge in [-0.3, -0.25) is 4.79 Å². The highest BCUT2D eigenvalue weighted by Crippen LogP contribution is 2.12. The van der Waals surface area contributed by atoms with E-state index in [0.717, 1.165) is 56.3 Å². The normalized spacial score (nSPS) is 12.2. The van der Waals surface area contributed by atoms with E-state index < -0.39 is 5.97 Å². The van der Waals surface area contributed by atoms with Crippen molar-refractivity contribution < 1.29 is 23.8 Å². The third-order valence-electron chi connectivity index (χ3n) is 5.77. The van der Waals surface area contributed by atoms with Gasteiger partial charge in [-0.05, 0) is 69.2 Å². The van der Waals surface area contributed by atoms with E-state index in [2.05, 4.69) is 43.4 Å². The zero-order chi connectivity index (χ0) is 27.7. The zero-order valence-electron chi connectivity index (χ0n) is 23.5. The Kier molecular flexibility index (Phi) is 19.6. The third-order valence-corrected chi connectivity index (χ3v) is 5.77. The summed E-state index contributed by atoms with van der Waals surface area (Å²) in [5.74, 6) is 0.0291. The van der Waals surface area contributed by atoms with Gasteiger partial charge in [-0.2, -0.15) is 0 Å². The number of esters is 2. The van der Waals surface area contributed by atoms with E-state index in [4.69, 9.17) is 14.2 Å². The van der Waals surface area contributed by atoms with Crippen molar-refractivity contribution in [3.05, 3.63) is 84.0 Å². The van der Waals surface area contributed by atoms with Crippen LogP contribution in [-0.4, -0.2) is 32.3 Å². The number of allylic oxidation sites excluding steroid dienone is 7. The molecule has 0 fully saturated rings. The summed E-state index contributed by atoms with van der Waals surface area (Å²) >= 11 is 0. The molecule has 208 valence electrons. The number of benzene rings is 1. The van der Waals surface area contributed by atoms with Gasteiger partial charge in [-0.1, -0.05) is 86.9 Å². The number of carbonyl (C=O) groups is 2. The average molecular weight is 523 g/mol. The molecule has 0 saturated carbocycles. The van der Waals surface area contributed by atoms with Crippen molar-refractivity contribution in [2.24, 2.45) is 0 Å². The lowest BCUT2D eigenvalue weighted by Crippen LogP contribution is -2.15. The van der Waals surface area contributed by atoms with Crippen molar-refractivity contribution in [2.45, 2.75) is 78.1 Å². The third kappa shape index (κ3) is 17.2. The van der Waals surface area contributed by atoms with E-state index in [9.17, 15) is 9.59 Å². The standard InChI is InChI=1S/C33H46O5/c1-4-6-7-8-9-10-11-12-13-14-15-16-17-18-19-22-32(34)38-28-30(5-2)33(35)37-27-20-21-29-23-25-31(36-3)26-24-29/h5-7,9-10,12-13,20-21,23-26H,4,8,11,14-19,22,27-28H2,1-3H3/b7-6-,10-9-,13-12-,21-20+,30-5-. The van der Waals surface area contributed by atoms with Crippen molar-refractivity contribution in [3.8, 4) is 5.75 Å². The highest BCUT2D eigenvalue weighted by Gasteiger charge is 2.12. The van der Waals surface area contributed by atoms with Crippen molar-refractivity contribution in [1.29, 1.82) is 0 Å². The molecule has 1 aromatic rings. The van der Waals surface area contributed by atoms with Gasteiger partial charge >= 0.3 is 11.9 Å². The molecule has 5 heteroatoms. The van der Waals surface area contributed by atoms with Crippen LogP contribution in [0.5, 0.6) is 5.75 Å². The Morgan fingerprint density at radius 3 is 2.13 bits per heavy atom. The molecule has 0 aromatic heterocycles. The summed E-state index contributed by atoms with van der Waals surface area (Å²) in [4.78, 5) is 24.3. The van der Waals surface area contributed by atoms with Crippen LogP contribution in [0.1, 0.15) is 83.6 Å². The first-order chi connectivity index (χ1) is 18.6. The molecule has 5 nitrogen and oxygen atoms in total. The minimum atomic E-state index is -0.478. The summed E-state index contributed by atoms with van der Waals surface area (Å²) < 4.78 is 15.7. The van der Waals surface area contributed by atoms with Crippen LogP contribution in [0, 0.1) is 0 Å². The lowest BCUT2D eigenvalue weighted by molar-refractivity contribution is -0.144. The molecule has 0 bridgehead atoms. The molecular formula is C33H46O5. The van der Waals surface area contributed by atoms with Gasteiger partial charge < -0.3 is 14.2 Å². The summed E-state index contributed by atoms with van der Waals surface area (Å²) in [6, 6.07) is 7.57. The second-order valence-corrected chi connectivity index (χ2v) is 8.85. The molecule has 0 heterocycles. The highest BCUT2D eigenvalue weighted by atomic mass is 16.5. The van der Waals surface area contributed by atoms with Crippen molar-refractivity contribution in [3.63, 3.8) is 0 Å². The van der Waals surface area contributed by atoms with E-state index in [-0.39, 0.29) is 19.2 Å². The Morgan fingerprint density at radius 1 is 0.789 bits per heavy atom. The molecule has 0 aliphatic carbocycles. The topological polar surface area (TPSA) is 61.8 Å². The van der Waals surface area contributed by atoms with E-state index >= 15 is 0 Å². The minimum absolute atomic E-state index is 0.0622. The van der Waals surface area contributed by atoms with Crippen LogP contribution < -0.4 is 4.74 Å². The summed E-state index contributed by atoms with van der Waals surface area (Å²) in [6.07, 6.45) is 28.4. The van der Waals surface area contributed by atoms with Crippen LogP contribution in [-0.2, 0) is 19.1 Å². The van der Waals surface area contributed by atoms with E-state index in [0.29, 0.717) is 12.0 Å². The summed E-state index contributed by atoms with van der Waals surface area (Å²) in [6.45, 7) is 3.95. The van der Waals surface area contributed by atoms with Crippen molar-refractivity contribution in [2.75, 3.05) is 20.3 Å². The first kappa shape index (κ1) is 32.7. The molecule has 0 saturated heterocycles. The Labute approximate surface area is 230 Å². The molecule has 0 aliphatic rings. The van der Waals surface area contributed by atoms with Crippen LogP contribution in [0.25, 0.3) is 6.08 Å². The largest absolute Gasteiger partial charge is 0.497 e. The number of methoxy groups -OCH3 is 1. The molecule has 0 spiro atoms. The monoisotopic (exact) mass is 522 g/mol. The molecular weight excluding hydrogens is 476 g/mol. The summed E-state index contributed by atoms with van der Waals surface area (Å²) in [5, 5.41) is 0. The number of hydrogen-bond acceptors (Lipinski definition) is 5. The molecule has 0 radical (unpaired) electrons. The Bertz CT molecular complexity index is 919. The van der Waals surface area contributed by atoms with E-state index in [1.165, 1.54) is 12.8 Å². The number of carbonyl (C=O) groups excluding carboxylic acids is 2. The molecule has 1 rings (SSSR count). The van der Waals surface area contributed by atoms with Gasteiger partial charge in [0.25, 0.3) is 0 Å². The maximum Gasteiger partial charge on any atom is 0.337 e. The van der Waals surface area contributed by atoms with Gasteiger partial charge in [0, 0.05) is 6.42 Å². The van der Waals surface area contributed by atoms with Crippen LogP contribution in [0.2, 0.25) is 0 Å². The summed E-state index contributed by atoms with van der Waals surface area (Å²) in [7, 11) is 1.62. The van der Waals surface area contributed by atoms with Gasteiger partial charge in [0.1, 0.15) is 19.0 Å². The average Bonchev–Trinajstić information content (AvgIpc) is 2.93. The first-order valence-electron chi connectivity index (χ1n) is 13.8. The molecule has 0 N–H and O–H groups in total. The molecule has 0 amide bonds. The highest BCUT2D eigenvalue weighted by molar-refractivity contribution is 5.89. The number of ether oxygens (including phenoxy) is 3. The quantitative estimate of drug-likeness (QED) is 0.0745. The smallest absolute Gasteiger partial charge is 0.337 e. The van der Waals surface area contributed by atoms with Crippen LogP contribution in [0.3, 0.4) is 0 Å². The lowest BCUT2D eigenvalue weighted by atomic mass is 10.1. The van der Waals surface area contributed by atoms with Crippen LogP contribution >= 0.6 is 0 Å². The maximum atomic E-state index is 12.2. The van der Waals surface area contributed by atoms with Gasteiger partial charge in [0.05, 0.1) is 12.7 Å². The van der Waals surface area contributed by atoms with E-state index in [1.807, 2.05) is 30.3 Å². The minimum Gasteiger partial charge on any atom is -0.497 e. The molecule has 38 heavy (non-hydrogen) atoms. The second-order valence-electron chi connectivity index (χ2n) is 8.85. The lowest BCUT2D eigenvalue weighted by Gasteiger charge is -2.08. The second kappa shape index (κ2) is 22.8. The predicted octanol–water partition coefficient (Wildman–Crippen LogP) is 8.33. The fraction of sp³-hybridized carbons (Fsp3) is 0.455. The van der Waals surface area contributed by atoms with Gasteiger partial charge in [-0.15, -0.1) is 0 Å². The molecule has 0 atom stereocenters. The van der Waals surface area contributed by atoms with E-state index in [1.54, 1.807) is 26.2 Å². The van der Waals surface area contributed by atoms with Crippen LogP contribution in [0.4, 0.5) is 0 Å². The molecule has 0 aliphatic heterocycles. The fourth-order valence-electron chi connectivity index (χ4n) is 3.49. The van der Waals surface area contributed by atoms with Gasteiger partial charge in [-0.25, -0.2) is 4.79 Å². The Morgan fingerprint density at radius 2 is 1.45 bits per heavy atom. The van der Waals surface area contributed by atoms with Crippen molar-refractivity contribution in [1.82, 2.24) is 0 Å². The maximum absolute atomic E-state index is 12.2. The summed E-state index contributed by atoms with van der Waals surface area (Å²) in [5.41, 5.74) is 1.32. The first-order valence-corrected chi connectivity index (χ1v) is 13.8. The Hall–Kier alpha value is -3.34. The Balaban J connectivity index is 2.08. The van der Waals surface area contributed by atoms with Crippen LogP contribution in [0.15, 0.2) is 78.4 Å². The van der Waals surface area contributed by atoms with Crippen molar-refractivity contribution >= 4 is 18.0 Å². The zero-order valence-corrected chi connectivity index (χ0v) is 23.5. The number of rotatable bonds is 20. The fourth-order valence-corrected chi connectivity index (χ4v) is 3.49. The predicted molar refractivity (Wildman–Crippen MR) is 157 cm³/mol. The number of unbranched alkanes of at least 4 members (excludes halogenated alkanes) is 5.